The lowest BCUT2D eigenvalue weighted by molar-refractivity contribution is -0.435. The van der Waals surface area contributed by atoms with Crippen LogP contribution in [0.1, 0.15) is 6.92 Å². The molecule has 17 heavy (non-hydrogen) atoms. The topological polar surface area (TPSA) is 223 Å². The van der Waals surface area contributed by atoms with Crippen LogP contribution in [-0.4, -0.2) is 30.5 Å². The Bertz CT molecular complexity index is 353. The van der Waals surface area contributed by atoms with Gasteiger partial charge in [0.2, 0.25) is 26.5 Å². The summed E-state index contributed by atoms with van der Waals surface area (Å²) in [6.45, 7) is 0.592. The maximum Gasteiger partial charge on any atom is 0.262 e. The number of nitrogens with one attached hydrogen (secondary N) is 2. The largest absolute Gasteiger partial charge is 0.774 e. The van der Waals surface area contributed by atoms with Crippen molar-refractivity contribution in [3.8, 4) is 0 Å². The molecule has 0 aliphatic rings. The van der Waals surface area contributed by atoms with Crippen LogP contribution in [0.2, 0.25) is 0 Å². The number of hydrogen-bond acceptors (Lipinski definition) is 5. The summed E-state index contributed by atoms with van der Waals surface area (Å²) in [5.41, 5.74) is 2.66. The lowest BCUT2D eigenvalue weighted by Crippen LogP contribution is -2.72. The first-order valence-corrected chi connectivity index (χ1v) is 6.93. The minimum Gasteiger partial charge on any atom is -0.774 e. The Kier molecular flexibility index (Phi) is 6.98. The highest BCUT2D eigenvalue weighted by Gasteiger charge is 2.44. The molecule has 0 radical (unpaired) electrons. The Morgan fingerprint density at radius 2 is 1.82 bits per heavy atom. The third-order valence-electron chi connectivity index (χ3n) is 1.58. The third kappa shape index (κ3) is 5.48. The molecular formula is C4H14N4O7P2. The van der Waals surface area contributed by atoms with E-state index >= 15 is 0 Å². The number of hydrogen-bond donors (Lipinski definition) is 4. The van der Waals surface area contributed by atoms with E-state index in [4.69, 9.17) is 9.79 Å². The molecule has 9 N–H and O–H groups in total. The van der Waals surface area contributed by atoms with Crippen molar-refractivity contribution >= 4 is 15.2 Å². The standard InChI is InChI=1S/C2H3N3.C2H9NO6P2.H2O/c1-3-2-5-4-1;1-2(3,10(4,5)6)11(7,8)9;/h1-2H,(H,3,4,5);3H2,1H3,(H2,4,5,6)(H2,7,8,9);1H2. The van der Waals surface area contributed by atoms with Crippen LogP contribution in [0, 0.1) is 0 Å². The summed E-state index contributed by atoms with van der Waals surface area (Å²) in [6.07, 6.45) is 3.21. The van der Waals surface area contributed by atoms with E-state index in [0.29, 0.717) is 6.92 Å². The van der Waals surface area contributed by atoms with Crippen molar-refractivity contribution in [2.75, 3.05) is 0 Å². The van der Waals surface area contributed by atoms with Crippen LogP contribution in [0.4, 0.5) is 0 Å². The quantitative estimate of drug-likeness (QED) is 0.389. The smallest absolute Gasteiger partial charge is 0.262 e. The van der Waals surface area contributed by atoms with Crippen LogP contribution < -0.4 is 20.5 Å². The molecule has 0 spiro atoms. The molecule has 0 saturated heterocycles. The van der Waals surface area contributed by atoms with Crippen LogP contribution in [-0.2, 0) is 9.13 Å². The molecule has 0 aliphatic carbocycles. The average Bonchev–Trinajstić information content (AvgIpc) is 2.55. The lowest BCUT2D eigenvalue weighted by Gasteiger charge is -2.36. The molecule has 0 amide bonds. The molecule has 0 aromatic carbocycles. The van der Waals surface area contributed by atoms with E-state index in [1.54, 1.807) is 12.7 Å². The zero-order valence-corrected chi connectivity index (χ0v) is 10.5. The minimum absolute atomic E-state index is 0. The lowest BCUT2D eigenvalue weighted by atomic mass is 10.8. The maximum atomic E-state index is 10.3. The zero-order chi connectivity index (χ0) is 13.0. The van der Waals surface area contributed by atoms with Gasteiger partial charge in [-0.3, -0.25) is 4.98 Å². The minimum atomic E-state index is -5.18. The molecule has 1 heterocycles. The number of nitrogens with zero attached hydrogens (tertiary/aromatic N) is 1. The third-order valence-corrected chi connectivity index (χ3v) is 5.53. The van der Waals surface area contributed by atoms with E-state index in [9.17, 15) is 18.9 Å². The molecule has 1 rings (SSSR count). The summed E-state index contributed by atoms with van der Waals surface area (Å²) in [4.78, 5) is 39.8. The van der Waals surface area contributed by atoms with Crippen molar-refractivity contribution in [1.82, 2.24) is 10.2 Å². The molecule has 2 unspecified atom stereocenters. The van der Waals surface area contributed by atoms with Crippen molar-refractivity contribution in [3.63, 3.8) is 0 Å². The second kappa shape index (κ2) is 6.34. The van der Waals surface area contributed by atoms with E-state index in [2.05, 4.69) is 20.9 Å². The predicted molar refractivity (Wildman–Crippen MR) is 49.7 cm³/mol. The van der Waals surface area contributed by atoms with Gasteiger partial charge in [-0.1, -0.05) is 0 Å². The van der Waals surface area contributed by atoms with Gasteiger partial charge in [0, 0.05) is 12.0 Å². The summed E-state index contributed by atoms with van der Waals surface area (Å²) < 4.78 is 20.6. The van der Waals surface area contributed by atoms with Gasteiger partial charge in [0.05, 0.1) is 0 Å². The number of quaternary nitrogens is 1. The van der Waals surface area contributed by atoms with E-state index in [1.165, 1.54) is 0 Å². The zero-order valence-electron chi connectivity index (χ0n) is 8.73. The van der Waals surface area contributed by atoms with E-state index < -0.39 is 20.2 Å². The summed E-state index contributed by atoms with van der Waals surface area (Å²) in [5.74, 6) is 0. The number of aromatic nitrogens is 3. The summed E-state index contributed by atoms with van der Waals surface area (Å²) in [6, 6.07) is 0. The van der Waals surface area contributed by atoms with Gasteiger partial charge < -0.3 is 39.9 Å². The summed E-state index contributed by atoms with van der Waals surface area (Å²) in [7, 11) is -10.4. The fourth-order valence-electron chi connectivity index (χ4n) is 0.346. The molecule has 0 bridgehead atoms. The molecule has 0 aliphatic heterocycles. The van der Waals surface area contributed by atoms with Gasteiger partial charge in [-0.05, 0) is 0 Å². The Morgan fingerprint density at radius 1 is 1.41 bits per heavy atom. The Morgan fingerprint density at radius 3 is 1.88 bits per heavy atom. The summed E-state index contributed by atoms with van der Waals surface area (Å²) in [5, 5.41) is 3.33. The average molecular weight is 292 g/mol. The molecule has 13 heteroatoms. The Balaban J connectivity index is 0. The van der Waals surface area contributed by atoms with Crippen LogP contribution in [0.3, 0.4) is 0 Å². The molecule has 0 fully saturated rings. The second-order valence-corrected chi connectivity index (χ2v) is 7.36. The van der Waals surface area contributed by atoms with Gasteiger partial charge in [-0.25, -0.2) is 0 Å². The normalized spacial score (nSPS) is 20.6. The fourth-order valence-corrected chi connectivity index (χ4v) is 1.62. The van der Waals surface area contributed by atoms with E-state index in [-0.39, 0.29) is 5.48 Å². The van der Waals surface area contributed by atoms with Crippen molar-refractivity contribution in [2.24, 2.45) is 0 Å². The maximum absolute atomic E-state index is 10.3. The van der Waals surface area contributed by atoms with Crippen molar-refractivity contribution in [2.45, 2.75) is 11.9 Å². The van der Waals surface area contributed by atoms with Gasteiger partial charge in [0.15, 0.2) is 0 Å². The van der Waals surface area contributed by atoms with Crippen LogP contribution in [0.25, 0.3) is 0 Å². The van der Waals surface area contributed by atoms with E-state index in [0.717, 1.165) is 0 Å². The van der Waals surface area contributed by atoms with Crippen LogP contribution in [0.5, 0.6) is 0 Å². The monoisotopic (exact) mass is 292 g/mol. The molecule has 102 valence electrons. The second-order valence-electron chi connectivity index (χ2n) is 2.96. The number of rotatable bonds is 2. The van der Waals surface area contributed by atoms with Crippen LogP contribution in [0.15, 0.2) is 12.7 Å². The Hall–Kier alpha value is -0.640. The van der Waals surface area contributed by atoms with Crippen LogP contribution >= 0.6 is 15.2 Å². The van der Waals surface area contributed by atoms with Crippen molar-refractivity contribution < 1.29 is 44.9 Å². The molecule has 1 aromatic heterocycles. The number of aromatic amines is 2. The van der Waals surface area contributed by atoms with Gasteiger partial charge in [0.1, 0.15) is 0 Å². The molecule has 1 aromatic rings. The van der Waals surface area contributed by atoms with Crippen molar-refractivity contribution in [3.05, 3.63) is 12.7 Å². The molecule has 2 atom stereocenters. The van der Waals surface area contributed by atoms with Gasteiger partial charge in [-0.15, -0.1) is 5.10 Å². The number of H-pyrrole nitrogens is 2. The van der Waals surface area contributed by atoms with Gasteiger partial charge >= 0.3 is 0 Å². The van der Waals surface area contributed by atoms with E-state index in [1.807, 2.05) is 0 Å². The highest BCUT2D eigenvalue weighted by atomic mass is 31.2. The summed E-state index contributed by atoms with van der Waals surface area (Å²) >= 11 is 0. The first-order chi connectivity index (χ1) is 7.00. The molecule has 11 nitrogen and oxygen atoms in total. The molecular weight excluding hydrogens is 278 g/mol. The van der Waals surface area contributed by atoms with Gasteiger partial charge in [0.25, 0.3) is 6.33 Å². The highest BCUT2D eigenvalue weighted by Crippen LogP contribution is 2.59. The SMILES string of the molecule is CC([NH3+])(P(=O)([O-])O)P(=O)([O-])O.O.c1n[nH]c[nH+]1. The fraction of sp³-hybridized carbons (Fsp3) is 0.500. The Labute approximate surface area is 95.7 Å². The first-order valence-electron chi connectivity index (χ1n) is 3.78. The molecule has 0 saturated carbocycles. The first kappa shape index (κ1) is 18.7. The highest BCUT2D eigenvalue weighted by molar-refractivity contribution is 7.70. The van der Waals surface area contributed by atoms with Crippen molar-refractivity contribution in [1.29, 1.82) is 0 Å². The van der Waals surface area contributed by atoms with Gasteiger partial charge in [-0.2, -0.15) is 0 Å². The predicted octanol–water partition coefficient (Wildman–Crippen LogP) is -4.61.